The maximum atomic E-state index is 11.2. The van der Waals surface area contributed by atoms with Crippen LogP contribution < -0.4 is 0 Å². The second-order valence-corrected chi connectivity index (χ2v) is 6.15. The van der Waals surface area contributed by atoms with E-state index in [4.69, 9.17) is 5.11 Å². The van der Waals surface area contributed by atoms with Crippen LogP contribution in [0, 0.1) is 5.41 Å². The molecule has 1 N–H and O–H groups in total. The zero-order chi connectivity index (χ0) is 14.8. The SMILES string of the molecule is CC(C)(Cc1nccc(-c2ccc(Br)cc2)n1)C(=O)O. The molecule has 0 saturated carbocycles. The van der Waals surface area contributed by atoms with Gasteiger partial charge in [-0.1, -0.05) is 28.1 Å². The normalized spacial score (nSPS) is 11.3. The molecule has 0 spiro atoms. The lowest BCUT2D eigenvalue weighted by atomic mass is 9.89. The second-order valence-electron chi connectivity index (χ2n) is 5.23. The highest BCUT2D eigenvalue weighted by atomic mass is 79.9. The minimum Gasteiger partial charge on any atom is -0.481 e. The van der Waals surface area contributed by atoms with Crippen molar-refractivity contribution in [2.75, 3.05) is 0 Å². The number of hydrogen-bond donors (Lipinski definition) is 1. The Labute approximate surface area is 126 Å². The summed E-state index contributed by atoms with van der Waals surface area (Å²) in [6.07, 6.45) is 1.96. The van der Waals surface area contributed by atoms with Gasteiger partial charge in [-0.25, -0.2) is 9.97 Å². The molecule has 0 saturated heterocycles. The van der Waals surface area contributed by atoms with Crippen molar-refractivity contribution in [2.45, 2.75) is 20.3 Å². The van der Waals surface area contributed by atoms with E-state index in [1.165, 1.54) is 0 Å². The van der Waals surface area contributed by atoms with Gasteiger partial charge in [0.1, 0.15) is 5.82 Å². The van der Waals surface area contributed by atoms with Crippen LogP contribution in [0.5, 0.6) is 0 Å². The molecule has 0 amide bonds. The highest BCUT2D eigenvalue weighted by Gasteiger charge is 2.28. The molecule has 1 aromatic carbocycles. The molecule has 0 radical (unpaired) electrons. The highest BCUT2D eigenvalue weighted by molar-refractivity contribution is 9.10. The van der Waals surface area contributed by atoms with E-state index in [1.807, 2.05) is 30.3 Å². The maximum absolute atomic E-state index is 11.2. The quantitative estimate of drug-likeness (QED) is 0.928. The number of benzene rings is 1. The molecule has 2 aromatic rings. The van der Waals surface area contributed by atoms with Crippen molar-refractivity contribution in [3.05, 3.63) is 46.8 Å². The number of halogens is 1. The number of carbonyl (C=O) groups is 1. The zero-order valence-corrected chi connectivity index (χ0v) is 12.9. The molecule has 1 heterocycles. The number of carboxylic acid groups (broad SMARTS) is 1. The van der Waals surface area contributed by atoms with E-state index in [9.17, 15) is 4.79 Å². The monoisotopic (exact) mass is 334 g/mol. The molecule has 0 aliphatic rings. The summed E-state index contributed by atoms with van der Waals surface area (Å²) >= 11 is 3.39. The van der Waals surface area contributed by atoms with Gasteiger partial charge in [0, 0.05) is 22.7 Å². The molecule has 4 nitrogen and oxygen atoms in total. The number of nitrogens with zero attached hydrogens (tertiary/aromatic N) is 2. The predicted molar refractivity (Wildman–Crippen MR) is 80.3 cm³/mol. The predicted octanol–water partition coefficient (Wildman–Crippen LogP) is 3.56. The van der Waals surface area contributed by atoms with Crippen LogP contribution in [-0.2, 0) is 11.2 Å². The fourth-order valence-corrected chi connectivity index (χ4v) is 2.00. The Kier molecular flexibility index (Phi) is 4.18. The lowest BCUT2D eigenvalue weighted by Crippen LogP contribution is -2.27. The Balaban J connectivity index is 2.29. The van der Waals surface area contributed by atoms with Crippen molar-refractivity contribution >= 4 is 21.9 Å². The van der Waals surface area contributed by atoms with E-state index in [-0.39, 0.29) is 0 Å². The minimum atomic E-state index is -0.877. The molecule has 0 unspecified atom stereocenters. The molecule has 0 aliphatic heterocycles. The van der Waals surface area contributed by atoms with Crippen LogP contribution in [0.15, 0.2) is 41.0 Å². The summed E-state index contributed by atoms with van der Waals surface area (Å²) in [5.74, 6) is -0.312. The van der Waals surface area contributed by atoms with Crippen LogP contribution in [0.25, 0.3) is 11.3 Å². The number of hydrogen-bond acceptors (Lipinski definition) is 3. The average molecular weight is 335 g/mol. The van der Waals surface area contributed by atoms with Crippen molar-refractivity contribution in [1.29, 1.82) is 0 Å². The molecule has 2 rings (SSSR count). The molecule has 0 fully saturated rings. The largest absolute Gasteiger partial charge is 0.481 e. The van der Waals surface area contributed by atoms with Gasteiger partial charge in [-0.3, -0.25) is 4.79 Å². The van der Waals surface area contributed by atoms with Gasteiger partial charge in [0.2, 0.25) is 0 Å². The van der Waals surface area contributed by atoms with Crippen LogP contribution in [-0.4, -0.2) is 21.0 Å². The standard InChI is InChI=1S/C15H15BrN2O2/c1-15(2,14(19)20)9-13-17-8-7-12(18-13)10-3-5-11(16)6-4-10/h3-8H,9H2,1-2H3,(H,19,20). The summed E-state index contributed by atoms with van der Waals surface area (Å²) in [5.41, 5.74) is 0.895. The Bertz CT molecular complexity index is 624. The van der Waals surface area contributed by atoms with Crippen LogP contribution in [0.1, 0.15) is 19.7 Å². The molecule has 1 aromatic heterocycles. The summed E-state index contributed by atoms with van der Waals surface area (Å²) in [7, 11) is 0. The third-order valence-electron chi connectivity index (χ3n) is 3.02. The summed E-state index contributed by atoms with van der Waals surface area (Å²) in [5, 5.41) is 9.16. The Morgan fingerprint density at radius 2 is 1.90 bits per heavy atom. The van der Waals surface area contributed by atoms with Gasteiger partial charge in [0.25, 0.3) is 0 Å². The Morgan fingerprint density at radius 1 is 1.25 bits per heavy atom. The molecule has 20 heavy (non-hydrogen) atoms. The first-order chi connectivity index (χ1) is 9.38. The summed E-state index contributed by atoms with van der Waals surface area (Å²) in [6.45, 7) is 3.34. The van der Waals surface area contributed by atoms with Gasteiger partial charge in [0.15, 0.2) is 0 Å². The van der Waals surface area contributed by atoms with Crippen molar-refractivity contribution in [3.8, 4) is 11.3 Å². The van der Waals surface area contributed by atoms with Gasteiger partial charge in [-0.05, 0) is 32.0 Å². The molecule has 0 bridgehead atoms. The maximum Gasteiger partial charge on any atom is 0.309 e. The van der Waals surface area contributed by atoms with E-state index in [0.717, 1.165) is 15.7 Å². The zero-order valence-electron chi connectivity index (χ0n) is 11.3. The average Bonchev–Trinajstić information content (AvgIpc) is 2.39. The molecule has 0 atom stereocenters. The van der Waals surface area contributed by atoms with E-state index in [1.54, 1.807) is 20.0 Å². The second kappa shape index (κ2) is 5.71. The first-order valence-corrected chi connectivity index (χ1v) is 6.99. The van der Waals surface area contributed by atoms with E-state index < -0.39 is 11.4 Å². The highest BCUT2D eigenvalue weighted by Crippen LogP contribution is 2.23. The molecular weight excluding hydrogens is 320 g/mol. The number of carboxylic acids is 1. The Morgan fingerprint density at radius 3 is 2.50 bits per heavy atom. The van der Waals surface area contributed by atoms with Crippen molar-refractivity contribution < 1.29 is 9.90 Å². The minimum absolute atomic E-state index is 0.298. The lowest BCUT2D eigenvalue weighted by molar-refractivity contribution is -0.146. The van der Waals surface area contributed by atoms with E-state index in [2.05, 4.69) is 25.9 Å². The van der Waals surface area contributed by atoms with Gasteiger partial charge in [0.05, 0.1) is 11.1 Å². The van der Waals surface area contributed by atoms with Crippen LogP contribution >= 0.6 is 15.9 Å². The van der Waals surface area contributed by atoms with E-state index >= 15 is 0 Å². The molecule has 5 heteroatoms. The smallest absolute Gasteiger partial charge is 0.309 e. The van der Waals surface area contributed by atoms with Crippen LogP contribution in [0.4, 0.5) is 0 Å². The summed E-state index contributed by atoms with van der Waals surface area (Å²) < 4.78 is 1.00. The fourth-order valence-electron chi connectivity index (χ4n) is 1.74. The molecule has 0 aliphatic carbocycles. The van der Waals surface area contributed by atoms with Gasteiger partial charge in [-0.15, -0.1) is 0 Å². The summed E-state index contributed by atoms with van der Waals surface area (Å²) in [4.78, 5) is 19.8. The third-order valence-corrected chi connectivity index (χ3v) is 3.55. The van der Waals surface area contributed by atoms with E-state index in [0.29, 0.717) is 12.2 Å². The van der Waals surface area contributed by atoms with Crippen molar-refractivity contribution in [2.24, 2.45) is 5.41 Å². The first kappa shape index (κ1) is 14.7. The van der Waals surface area contributed by atoms with Crippen LogP contribution in [0.3, 0.4) is 0 Å². The van der Waals surface area contributed by atoms with Gasteiger partial charge in [-0.2, -0.15) is 0 Å². The molecular formula is C15H15BrN2O2. The Hall–Kier alpha value is -1.75. The number of aliphatic carboxylic acids is 1. The lowest BCUT2D eigenvalue weighted by Gasteiger charge is -2.17. The summed E-state index contributed by atoms with van der Waals surface area (Å²) in [6, 6.07) is 9.62. The topological polar surface area (TPSA) is 63.1 Å². The fraction of sp³-hybridized carbons (Fsp3) is 0.267. The number of aromatic nitrogens is 2. The van der Waals surface area contributed by atoms with Crippen molar-refractivity contribution in [3.63, 3.8) is 0 Å². The van der Waals surface area contributed by atoms with Crippen LogP contribution in [0.2, 0.25) is 0 Å². The number of rotatable bonds is 4. The molecule has 104 valence electrons. The van der Waals surface area contributed by atoms with Crippen molar-refractivity contribution in [1.82, 2.24) is 9.97 Å². The van der Waals surface area contributed by atoms with Gasteiger partial charge >= 0.3 is 5.97 Å². The third kappa shape index (κ3) is 3.42. The van der Waals surface area contributed by atoms with Gasteiger partial charge < -0.3 is 5.11 Å². The first-order valence-electron chi connectivity index (χ1n) is 6.20.